The largest absolute Gasteiger partial charge is 0.492 e. The van der Waals surface area contributed by atoms with Gasteiger partial charge in [0.1, 0.15) is 12.4 Å². The van der Waals surface area contributed by atoms with E-state index in [1.807, 2.05) is 35.2 Å². The molecule has 2 fully saturated rings. The molecule has 1 saturated carbocycles. The van der Waals surface area contributed by atoms with Gasteiger partial charge in [0.25, 0.3) is 0 Å². The van der Waals surface area contributed by atoms with Crippen LogP contribution in [0.5, 0.6) is 5.75 Å². The number of nitrogens with zero attached hydrogens (tertiary/aromatic N) is 1. The van der Waals surface area contributed by atoms with Crippen molar-refractivity contribution in [2.24, 2.45) is 5.92 Å². The van der Waals surface area contributed by atoms with Crippen LogP contribution in [0, 0.1) is 5.92 Å². The molecule has 1 aliphatic heterocycles. The highest BCUT2D eigenvalue weighted by atomic mass is 16.5. The lowest BCUT2D eigenvalue weighted by molar-refractivity contribution is -0.138. The maximum Gasteiger partial charge on any atom is 0.225 e. The first-order chi connectivity index (χ1) is 10.7. The number of rotatable bonds is 6. The van der Waals surface area contributed by atoms with Gasteiger partial charge >= 0.3 is 0 Å². The fourth-order valence-electron chi connectivity index (χ4n) is 2.83. The van der Waals surface area contributed by atoms with Crippen LogP contribution in [-0.4, -0.2) is 42.5 Å². The van der Waals surface area contributed by atoms with Gasteiger partial charge in [0.15, 0.2) is 0 Å². The quantitative estimate of drug-likeness (QED) is 0.812. The Labute approximate surface area is 130 Å². The van der Waals surface area contributed by atoms with Crippen LogP contribution in [0.15, 0.2) is 30.3 Å². The van der Waals surface area contributed by atoms with Crippen LogP contribution in [0.4, 0.5) is 0 Å². The van der Waals surface area contributed by atoms with Gasteiger partial charge in [0.05, 0.1) is 12.5 Å². The van der Waals surface area contributed by atoms with Crippen molar-refractivity contribution >= 4 is 11.8 Å². The third-order valence-corrected chi connectivity index (χ3v) is 4.22. The number of hydrogen-bond donors (Lipinski definition) is 1. The molecule has 0 bridgehead atoms. The highest BCUT2D eigenvalue weighted by Crippen LogP contribution is 2.31. The van der Waals surface area contributed by atoms with E-state index >= 15 is 0 Å². The van der Waals surface area contributed by atoms with Gasteiger partial charge in [-0.1, -0.05) is 18.2 Å². The molecule has 1 saturated heterocycles. The number of nitrogens with one attached hydrogen (secondary N) is 1. The van der Waals surface area contributed by atoms with E-state index in [1.54, 1.807) is 0 Å². The average molecular weight is 302 g/mol. The second-order valence-corrected chi connectivity index (χ2v) is 5.97. The second-order valence-electron chi connectivity index (χ2n) is 5.97. The molecule has 2 aliphatic rings. The number of amides is 2. The number of para-hydroxylation sites is 1. The number of carbonyl (C=O) groups excluding carboxylic acids is 2. The normalized spacial score (nSPS) is 21.5. The molecule has 1 aromatic rings. The average Bonchev–Trinajstić information content (AvgIpc) is 3.37. The fourth-order valence-corrected chi connectivity index (χ4v) is 2.83. The van der Waals surface area contributed by atoms with Crippen LogP contribution in [-0.2, 0) is 9.59 Å². The Morgan fingerprint density at radius 3 is 2.73 bits per heavy atom. The number of carbonyl (C=O) groups is 2. The number of ether oxygens (including phenoxy) is 1. The summed E-state index contributed by atoms with van der Waals surface area (Å²) in [5.41, 5.74) is 0. The number of hydrogen-bond acceptors (Lipinski definition) is 3. The zero-order valence-electron chi connectivity index (χ0n) is 12.7. The Morgan fingerprint density at radius 1 is 1.23 bits per heavy atom. The summed E-state index contributed by atoms with van der Waals surface area (Å²) in [5.74, 6) is 0.976. The maximum absolute atomic E-state index is 12.2. The molecule has 5 nitrogen and oxygen atoms in total. The van der Waals surface area contributed by atoms with Gasteiger partial charge in [-0.2, -0.15) is 0 Å². The predicted octanol–water partition coefficient (Wildman–Crippen LogP) is 1.58. The smallest absolute Gasteiger partial charge is 0.225 e. The van der Waals surface area contributed by atoms with Gasteiger partial charge in [0.2, 0.25) is 11.8 Å². The summed E-state index contributed by atoms with van der Waals surface area (Å²) in [7, 11) is 0. The van der Waals surface area contributed by atoms with E-state index in [2.05, 4.69) is 5.32 Å². The number of likely N-dealkylation sites (tertiary alicyclic amines) is 1. The van der Waals surface area contributed by atoms with Crippen molar-refractivity contribution in [2.45, 2.75) is 31.7 Å². The van der Waals surface area contributed by atoms with Crippen molar-refractivity contribution < 1.29 is 14.3 Å². The molecular weight excluding hydrogens is 280 g/mol. The van der Waals surface area contributed by atoms with Crippen molar-refractivity contribution in [3.63, 3.8) is 0 Å². The maximum atomic E-state index is 12.2. The predicted molar refractivity (Wildman–Crippen MR) is 82.4 cm³/mol. The lowest BCUT2D eigenvalue weighted by Crippen LogP contribution is -2.47. The van der Waals surface area contributed by atoms with Gasteiger partial charge in [-0.05, 0) is 31.4 Å². The minimum absolute atomic E-state index is 0.0369. The summed E-state index contributed by atoms with van der Waals surface area (Å²) in [6.07, 6.45) is 3.33. The molecule has 1 atom stereocenters. The van der Waals surface area contributed by atoms with E-state index < -0.39 is 0 Å². The molecule has 1 heterocycles. The van der Waals surface area contributed by atoms with E-state index in [4.69, 9.17) is 4.74 Å². The van der Waals surface area contributed by atoms with Crippen LogP contribution in [0.3, 0.4) is 0 Å². The van der Waals surface area contributed by atoms with E-state index in [1.165, 1.54) is 0 Å². The SMILES string of the molecule is O=C(NCCOc1ccccc1)C1CCC(=O)N(C2CC2)C1. The Kier molecular flexibility index (Phi) is 4.61. The van der Waals surface area contributed by atoms with Gasteiger partial charge in [0, 0.05) is 19.0 Å². The Bertz CT molecular complexity index is 528. The molecule has 22 heavy (non-hydrogen) atoms. The lowest BCUT2D eigenvalue weighted by atomic mass is 9.96. The summed E-state index contributed by atoms with van der Waals surface area (Å²) in [6, 6.07) is 9.94. The van der Waals surface area contributed by atoms with E-state index in [0.717, 1.165) is 18.6 Å². The zero-order chi connectivity index (χ0) is 15.4. The van der Waals surface area contributed by atoms with Gasteiger partial charge in [-0.25, -0.2) is 0 Å². The van der Waals surface area contributed by atoms with Crippen LogP contribution < -0.4 is 10.1 Å². The fraction of sp³-hybridized carbons (Fsp3) is 0.529. The van der Waals surface area contributed by atoms with Crippen molar-refractivity contribution in [2.75, 3.05) is 19.7 Å². The Hall–Kier alpha value is -2.04. The van der Waals surface area contributed by atoms with Crippen LogP contribution in [0.1, 0.15) is 25.7 Å². The van der Waals surface area contributed by atoms with Crippen LogP contribution in [0.25, 0.3) is 0 Å². The molecule has 1 unspecified atom stereocenters. The number of benzene rings is 1. The molecule has 1 N–H and O–H groups in total. The van der Waals surface area contributed by atoms with Crippen LogP contribution in [0.2, 0.25) is 0 Å². The van der Waals surface area contributed by atoms with Gasteiger partial charge < -0.3 is 15.0 Å². The monoisotopic (exact) mass is 302 g/mol. The second kappa shape index (κ2) is 6.81. The first-order valence-corrected chi connectivity index (χ1v) is 7.99. The van der Waals surface area contributed by atoms with Crippen molar-refractivity contribution in [3.05, 3.63) is 30.3 Å². The molecular formula is C17H22N2O3. The Morgan fingerprint density at radius 2 is 2.00 bits per heavy atom. The highest BCUT2D eigenvalue weighted by Gasteiger charge is 2.38. The van der Waals surface area contributed by atoms with Crippen molar-refractivity contribution in [1.29, 1.82) is 0 Å². The number of piperidine rings is 1. The standard InChI is InChI=1S/C17H22N2O3/c20-16-9-6-13(12-19(16)14-7-8-14)17(21)18-10-11-22-15-4-2-1-3-5-15/h1-5,13-14H,6-12H2,(H,18,21). The molecule has 1 aliphatic carbocycles. The minimum atomic E-state index is -0.0741. The third kappa shape index (κ3) is 3.78. The molecule has 118 valence electrons. The summed E-state index contributed by atoms with van der Waals surface area (Å²) in [6.45, 7) is 1.52. The summed E-state index contributed by atoms with van der Waals surface area (Å²) in [4.78, 5) is 25.9. The molecule has 2 amide bonds. The van der Waals surface area contributed by atoms with Gasteiger partial charge in [-0.3, -0.25) is 9.59 Å². The first kappa shape index (κ1) is 14.9. The van der Waals surface area contributed by atoms with E-state index in [-0.39, 0.29) is 17.7 Å². The third-order valence-electron chi connectivity index (χ3n) is 4.22. The van der Waals surface area contributed by atoms with Crippen molar-refractivity contribution in [1.82, 2.24) is 10.2 Å². The minimum Gasteiger partial charge on any atom is -0.492 e. The van der Waals surface area contributed by atoms with Crippen molar-refractivity contribution in [3.8, 4) is 5.75 Å². The summed E-state index contributed by atoms with van der Waals surface area (Å²) < 4.78 is 5.55. The molecule has 1 aromatic carbocycles. The molecule has 0 aromatic heterocycles. The molecule has 0 radical (unpaired) electrons. The highest BCUT2D eigenvalue weighted by molar-refractivity contribution is 5.84. The van der Waals surface area contributed by atoms with Crippen LogP contribution >= 0.6 is 0 Å². The van der Waals surface area contributed by atoms with E-state index in [0.29, 0.717) is 38.6 Å². The molecule has 0 spiro atoms. The summed E-state index contributed by atoms with van der Waals surface area (Å²) in [5, 5.41) is 2.92. The molecule has 3 rings (SSSR count). The zero-order valence-corrected chi connectivity index (χ0v) is 12.7. The lowest BCUT2D eigenvalue weighted by Gasteiger charge is -2.32. The Balaban J connectivity index is 1.39. The van der Waals surface area contributed by atoms with E-state index in [9.17, 15) is 9.59 Å². The topological polar surface area (TPSA) is 58.6 Å². The molecule has 5 heteroatoms. The first-order valence-electron chi connectivity index (χ1n) is 7.99. The van der Waals surface area contributed by atoms with Gasteiger partial charge in [-0.15, -0.1) is 0 Å². The summed E-state index contributed by atoms with van der Waals surface area (Å²) >= 11 is 0.